The van der Waals surface area contributed by atoms with Crippen LogP contribution in [0.1, 0.15) is 20.8 Å². The molecule has 2 aromatic carbocycles. The molecule has 0 aliphatic rings. The van der Waals surface area contributed by atoms with Crippen molar-refractivity contribution >= 4 is 6.09 Å². The highest BCUT2D eigenvalue weighted by Gasteiger charge is 2.15. The molecule has 0 saturated heterocycles. The second-order valence-corrected chi connectivity index (χ2v) is 6.53. The first-order chi connectivity index (χ1) is 11.9. The lowest BCUT2D eigenvalue weighted by Crippen LogP contribution is -2.34. The molecule has 2 rings (SSSR count). The van der Waals surface area contributed by atoms with Gasteiger partial charge >= 0.3 is 6.09 Å². The Balaban J connectivity index is 1.79. The summed E-state index contributed by atoms with van der Waals surface area (Å²) in [5, 5.41) is 2.66. The molecule has 0 unspecified atom stereocenters. The number of benzene rings is 2. The molecule has 5 heteroatoms. The monoisotopic (exact) mass is 343 g/mol. The first-order valence-electron chi connectivity index (χ1n) is 8.21. The van der Waals surface area contributed by atoms with Crippen LogP contribution in [0, 0.1) is 0 Å². The van der Waals surface area contributed by atoms with Gasteiger partial charge in [-0.05, 0) is 56.2 Å². The number of rotatable bonds is 6. The maximum Gasteiger partial charge on any atom is 0.407 e. The second-order valence-electron chi connectivity index (χ2n) is 6.53. The van der Waals surface area contributed by atoms with Crippen LogP contribution in [0.4, 0.5) is 4.79 Å². The van der Waals surface area contributed by atoms with Crippen LogP contribution in [0.15, 0.2) is 48.5 Å². The number of carbonyl (C=O) groups is 1. The Kier molecular flexibility index (Phi) is 6.28. The molecule has 0 saturated carbocycles. The number of alkyl carbamates (subject to hydrolysis) is 1. The van der Waals surface area contributed by atoms with E-state index in [4.69, 9.17) is 14.2 Å². The lowest BCUT2D eigenvalue weighted by atomic mass is 10.1. The molecule has 134 valence electrons. The van der Waals surface area contributed by atoms with Crippen LogP contribution in [0.5, 0.6) is 11.5 Å². The molecule has 0 spiro atoms. The molecule has 5 nitrogen and oxygen atoms in total. The van der Waals surface area contributed by atoms with Gasteiger partial charge in [-0.2, -0.15) is 0 Å². The Morgan fingerprint density at radius 3 is 1.92 bits per heavy atom. The van der Waals surface area contributed by atoms with Crippen molar-refractivity contribution in [2.75, 3.05) is 20.3 Å². The number of nitrogens with one attached hydrogen (secondary N) is 1. The van der Waals surface area contributed by atoms with Crippen LogP contribution in [-0.4, -0.2) is 32.0 Å². The first-order valence-corrected chi connectivity index (χ1v) is 8.21. The number of hydrogen-bond acceptors (Lipinski definition) is 4. The van der Waals surface area contributed by atoms with Crippen molar-refractivity contribution in [2.45, 2.75) is 26.4 Å². The quantitative estimate of drug-likeness (QED) is 0.796. The third kappa shape index (κ3) is 6.37. The summed E-state index contributed by atoms with van der Waals surface area (Å²) in [4.78, 5) is 11.5. The van der Waals surface area contributed by atoms with Crippen molar-refractivity contribution in [2.24, 2.45) is 0 Å². The van der Waals surface area contributed by atoms with Gasteiger partial charge < -0.3 is 19.5 Å². The van der Waals surface area contributed by atoms with Crippen molar-refractivity contribution in [3.63, 3.8) is 0 Å². The SMILES string of the molecule is COc1ccc(-c2ccc(OCCNC(=O)OC(C)(C)C)cc2)cc1. The zero-order chi connectivity index (χ0) is 18.3. The summed E-state index contributed by atoms with van der Waals surface area (Å²) in [7, 11) is 1.65. The van der Waals surface area contributed by atoms with E-state index < -0.39 is 11.7 Å². The minimum Gasteiger partial charge on any atom is -0.497 e. The normalized spacial score (nSPS) is 10.9. The summed E-state index contributed by atoms with van der Waals surface area (Å²) in [6.07, 6.45) is -0.439. The summed E-state index contributed by atoms with van der Waals surface area (Å²) in [5.41, 5.74) is 1.71. The topological polar surface area (TPSA) is 56.8 Å². The number of amides is 1. The molecule has 0 aromatic heterocycles. The Hall–Kier alpha value is -2.69. The highest BCUT2D eigenvalue weighted by Crippen LogP contribution is 2.24. The average Bonchev–Trinajstić information content (AvgIpc) is 2.58. The van der Waals surface area contributed by atoms with Gasteiger partial charge in [0.2, 0.25) is 0 Å². The molecule has 0 aliphatic heterocycles. The van der Waals surface area contributed by atoms with E-state index in [1.165, 1.54) is 0 Å². The minimum absolute atomic E-state index is 0.376. The largest absolute Gasteiger partial charge is 0.497 e. The third-order valence-corrected chi connectivity index (χ3v) is 3.32. The van der Waals surface area contributed by atoms with Crippen molar-refractivity contribution < 1.29 is 19.0 Å². The molecular weight excluding hydrogens is 318 g/mol. The van der Waals surface area contributed by atoms with Gasteiger partial charge in [0.1, 0.15) is 23.7 Å². The smallest absolute Gasteiger partial charge is 0.407 e. The fraction of sp³-hybridized carbons (Fsp3) is 0.350. The van der Waals surface area contributed by atoms with Crippen LogP contribution in [0.25, 0.3) is 11.1 Å². The lowest BCUT2D eigenvalue weighted by Gasteiger charge is -2.19. The van der Waals surface area contributed by atoms with E-state index >= 15 is 0 Å². The first kappa shape index (κ1) is 18.6. The van der Waals surface area contributed by atoms with Crippen molar-refractivity contribution in [3.8, 4) is 22.6 Å². The fourth-order valence-corrected chi connectivity index (χ4v) is 2.16. The van der Waals surface area contributed by atoms with Crippen molar-refractivity contribution in [1.29, 1.82) is 0 Å². The number of methoxy groups -OCH3 is 1. The second kappa shape index (κ2) is 8.42. The highest BCUT2D eigenvalue weighted by atomic mass is 16.6. The van der Waals surface area contributed by atoms with Crippen LogP contribution in [-0.2, 0) is 4.74 Å². The number of carbonyl (C=O) groups excluding carboxylic acids is 1. The van der Waals surface area contributed by atoms with Gasteiger partial charge in [-0.1, -0.05) is 24.3 Å². The zero-order valence-electron chi connectivity index (χ0n) is 15.2. The van der Waals surface area contributed by atoms with Gasteiger partial charge in [0.05, 0.1) is 13.7 Å². The van der Waals surface area contributed by atoms with E-state index in [9.17, 15) is 4.79 Å². The van der Waals surface area contributed by atoms with Gasteiger partial charge in [-0.25, -0.2) is 4.79 Å². The summed E-state index contributed by atoms with van der Waals surface area (Å²) in [5.74, 6) is 1.59. The fourth-order valence-electron chi connectivity index (χ4n) is 2.16. The summed E-state index contributed by atoms with van der Waals surface area (Å²) >= 11 is 0. The van der Waals surface area contributed by atoms with Gasteiger partial charge in [0.15, 0.2) is 0 Å². The minimum atomic E-state index is -0.498. The molecule has 0 atom stereocenters. The van der Waals surface area contributed by atoms with Gasteiger partial charge in [0.25, 0.3) is 0 Å². The maximum atomic E-state index is 11.5. The standard InChI is InChI=1S/C20H25NO4/c1-20(2,3)25-19(22)21-13-14-24-18-11-7-16(8-12-18)15-5-9-17(23-4)10-6-15/h5-12H,13-14H2,1-4H3,(H,21,22). The van der Waals surface area contributed by atoms with Gasteiger partial charge in [-0.3, -0.25) is 0 Å². The van der Waals surface area contributed by atoms with E-state index in [-0.39, 0.29) is 0 Å². The van der Waals surface area contributed by atoms with Crippen LogP contribution in [0.2, 0.25) is 0 Å². The number of ether oxygens (including phenoxy) is 3. The molecule has 1 amide bonds. The summed E-state index contributed by atoms with van der Waals surface area (Å²) < 4.78 is 15.9. The Morgan fingerprint density at radius 2 is 1.44 bits per heavy atom. The van der Waals surface area contributed by atoms with E-state index in [1.54, 1.807) is 7.11 Å². The number of hydrogen-bond donors (Lipinski definition) is 1. The van der Waals surface area contributed by atoms with Crippen LogP contribution in [0.3, 0.4) is 0 Å². The third-order valence-electron chi connectivity index (χ3n) is 3.32. The molecule has 0 heterocycles. The summed E-state index contributed by atoms with van der Waals surface area (Å²) in [6.45, 7) is 6.24. The Morgan fingerprint density at radius 1 is 0.920 bits per heavy atom. The lowest BCUT2D eigenvalue weighted by molar-refractivity contribution is 0.0520. The van der Waals surface area contributed by atoms with Crippen molar-refractivity contribution in [1.82, 2.24) is 5.32 Å². The average molecular weight is 343 g/mol. The van der Waals surface area contributed by atoms with Gasteiger partial charge in [-0.15, -0.1) is 0 Å². The predicted octanol–water partition coefficient (Wildman–Crippen LogP) is 4.27. The Labute approximate surface area is 148 Å². The molecule has 2 aromatic rings. The van der Waals surface area contributed by atoms with E-state index in [2.05, 4.69) is 5.32 Å². The van der Waals surface area contributed by atoms with Crippen molar-refractivity contribution in [3.05, 3.63) is 48.5 Å². The van der Waals surface area contributed by atoms with E-state index in [0.29, 0.717) is 13.2 Å². The molecule has 0 bridgehead atoms. The van der Waals surface area contributed by atoms with Crippen LogP contribution < -0.4 is 14.8 Å². The Bertz CT molecular complexity index is 672. The maximum absolute atomic E-state index is 11.5. The molecule has 25 heavy (non-hydrogen) atoms. The van der Waals surface area contributed by atoms with E-state index in [0.717, 1.165) is 22.6 Å². The molecule has 1 N–H and O–H groups in total. The molecular formula is C20H25NO4. The van der Waals surface area contributed by atoms with Gasteiger partial charge in [0, 0.05) is 0 Å². The zero-order valence-corrected chi connectivity index (χ0v) is 15.2. The predicted molar refractivity (Wildman–Crippen MR) is 98.2 cm³/mol. The van der Waals surface area contributed by atoms with E-state index in [1.807, 2.05) is 69.3 Å². The van der Waals surface area contributed by atoms with Crippen LogP contribution >= 0.6 is 0 Å². The highest BCUT2D eigenvalue weighted by molar-refractivity contribution is 5.67. The molecule has 0 radical (unpaired) electrons. The molecule has 0 aliphatic carbocycles. The molecule has 0 fully saturated rings. The summed E-state index contributed by atoms with van der Waals surface area (Å²) in [6, 6.07) is 15.7.